The molecule has 0 unspecified atom stereocenters. The number of nitrogen functional groups attached to an aromatic ring is 1. The van der Waals surface area contributed by atoms with Crippen LogP contribution in [0.5, 0.6) is 0 Å². The molecule has 0 aliphatic rings. The fraction of sp³-hybridized carbons (Fsp3) is 0.0833. The van der Waals surface area contributed by atoms with Gasteiger partial charge in [0.15, 0.2) is 0 Å². The van der Waals surface area contributed by atoms with Crippen molar-refractivity contribution in [3.05, 3.63) is 47.1 Å². The number of anilines is 3. The highest BCUT2D eigenvalue weighted by molar-refractivity contribution is 6.32. The van der Waals surface area contributed by atoms with Crippen molar-refractivity contribution in [3.8, 4) is 0 Å². The number of hydrogen-bond donors (Lipinski definition) is 2. The van der Waals surface area contributed by atoms with Gasteiger partial charge in [-0.3, -0.25) is 0 Å². The minimum Gasteiger partial charge on any atom is -0.397 e. The molecule has 1 aromatic carbocycles. The highest BCUT2D eigenvalue weighted by atomic mass is 35.5. The molecule has 0 saturated heterocycles. The summed E-state index contributed by atoms with van der Waals surface area (Å²) in [7, 11) is 0. The summed E-state index contributed by atoms with van der Waals surface area (Å²) in [6.07, 6.45) is -2.99. The minimum atomic E-state index is -4.53. The summed E-state index contributed by atoms with van der Waals surface area (Å²) in [5.41, 5.74) is 4.85. The number of pyridine rings is 1. The average molecular weight is 288 g/mol. The molecule has 100 valence electrons. The van der Waals surface area contributed by atoms with Crippen LogP contribution in [0.4, 0.5) is 30.4 Å². The lowest BCUT2D eigenvalue weighted by Crippen LogP contribution is -2.08. The Kier molecular flexibility index (Phi) is 3.53. The maximum absolute atomic E-state index is 12.6. The molecule has 19 heavy (non-hydrogen) atoms. The van der Waals surface area contributed by atoms with Gasteiger partial charge in [0, 0.05) is 6.20 Å². The van der Waals surface area contributed by atoms with Crippen molar-refractivity contribution in [3.63, 3.8) is 0 Å². The van der Waals surface area contributed by atoms with Gasteiger partial charge in [-0.15, -0.1) is 0 Å². The highest BCUT2D eigenvalue weighted by Gasteiger charge is 2.33. The maximum atomic E-state index is 12.6. The monoisotopic (exact) mass is 287 g/mol. The fourth-order valence-corrected chi connectivity index (χ4v) is 1.76. The fourth-order valence-electron chi connectivity index (χ4n) is 1.49. The molecule has 3 N–H and O–H groups in total. The van der Waals surface area contributed by atoms with E-state index in [9.17, 15) is 13.2 Å². The second-order valence-electron chi connectivity index (χ2n) is 3.76. The second-order valence-corrected chi connectivity index (χ2v) is 4.16. The molecule has 0 radical (unpaired) electrons. The molecule has 2 rings (SSSR count). The summed E-state index contributed by atoms with van der Waals surface area (Å²) in [5.74, 6) is 0.463. The van der Waals surface area contributed by atoms with Gasteiger partial charge in [-0.05, 0) is 24.3 Å². The maximum Gasteiger partial charge on any atom is 0.417 e. The molecular weight excluding hydrogens is 279 g/mol. The normalized spacial score (nSPS) is 11.4. The SMILES string of the molecule is Nc1cc(C(F)(F)F)c(Cl)cc1Nc1ccccn1. The molecule has 0 aliphatic heterocycles. The number of nitrogens with two attached hydrogens (primary N) is 1. The quantitative estimate of drug-likeness (QED) is 0.818. The third kappa shape index (κ3) is 3.08. The van der Waals surface area contributed by atoms with Crippen LogP contribution < -0.4 is 11.1 Å². The molecular formula is C12H9ClF3N3. The zero-order chi connectivity index (χ0) is 14.0. The Morgan fingerprint density at radius 1 is 1.21 bits per heavy atom. The van der Waals surface area contributed by atoms with Gasteiger partial charge in [-0.1, -0.05) is 17.7 Å². The first-order chi connectivity index (χ1) is 8.88. The number of aromatic nitrogens is 1. The molecule has 1 heterocycles. The number of hydrogen-bond acceptors (Lipinski definition) is 3. The van der Waals surface area contributed by atoms with Gasteiger partial charge in [0.25, 0.3) is 0 Å². The van der Waals surface area contributed by atoms with Crippen molar-refractivity contribution in [2.24, 2.45) is 0 Å². The van der Waals surface area contributed by atoms with Gasteiger partial charge < -0.3 is 11.1 Å². The van der Waals surface area contributed by atoms with Crippen LogP contribution in [0.1, 0.15) is 5.56 Å². The van der Waals surface area contributed by atoms with Gasteiger partial charge in [0.05, 0.1) is 22.0 Å². The van der Waals surface area contributed by atoms with E-state index in [0.717, 1.165) is 12.1 Å². The van der Waals surface area contributed by atoms with Crippen LogP contribution in [0.3, 0.4) is 0 Å². The van der Waals surface area contributed by atoms with Crippen LogP contribution in [-0.4, -0.2) is 4.98 Å². The molecule has 7 heteroatoms. The van der Waals surface area contributed by atoms with Crippen molar-refractivity contribution >= 4 is 28.8 Å². The van der Waals surface area contributed by atoms with E-state index in [-0.39, 0.29) is 11.4 Å². The smallest absolute Gasteiger partial charge is 0.397 e. The second kappa shape index (κ2) is 4.97. The van der Waals surface area contributed by atoms with E-state index >= 15 is 0 Å². The van der Waals surface area contributed by atoms with Crippen molar-refractivity contribution in [2.45, 2.75) is 6.18 Å². The van der Waals surface area contributed by atoms with Crippen LogP contribution in [0.15, 0.2) is 36.5 Å². The van der Waals surface area contributed by atoms with E-state index in [4.69, 9.17) is 17.3 Å². The Morgan fingerprint density at radius 3 is 2.53 bits per heavy atom. The third-order valence-corrected chi connectivity index (χ3v) is 2.68. The van der Waals surface area contributed by atoms with Crippen molar-refractivity contribution in [1.82, 2.24) is 4.98 Å². The van der Waals surface area contributed by atoms with Crippen LogP contribution in [-0.2, 0) is 6.18 Å². The Bertz CT molecular complexity index is 585. The van der Waals surface area contributed by atoms with Crippen molar-refractivity contribution in [2.75, 3.05) is 11.1 Å². The van der Waals surface area contributed by atoms with Gasteiger partial charge in [0.2, 0.25) is 0 Å². The molecule has 0 atom stereocenters. The highest BCUT2D eigenvalue weighted by Crippen LogP contribution is 2.39. The van der Waals surface area contributed by atoms with Gasteiger partial charge >= 0.3 is 6.18 Å². The molecule has 0 saturated carbocycles. The first-order valence-corrected chi connectivity index (χ1v) is 5.60. The summed E-state index contributed by atoms with van der Waals surface area (Å²) in [4.78, 5) is 3.98. The Morgan fingerprint density at radius 2 is 1.95 bits per heavy atom. The van der Waals surface area contributed by atoms with E-state index in [0.29, 0.717) is 5.82 Å². The zero-order valence-corrected chi connectivity index (χ0v) is 10.3. The van der Waals surface area contributed by atoms with E-state index < -0.39 is 16.8 Å². The summed E-state index contributed by atoms with van der Waals surface area (Å²) in [5, 5.41) is 2.39. The van der Waals surface area contributed by atoms with E-state index in [1.807, 2.05) is 0 Å². The minimum absolute atomic E-state index is 0.0534. The molecule has 0 fully saturated rings. The predicted molar refractivity (Wildman–Crippen MR) is 68.4 cm³/mol. The Hall–Kier alpha value is -1.95. The lowest BCUT2D eigenvalue weighted by Gasteiger charge is -2.14. The van der Waals surface area contributed by atoms with Gasteiger partial charge in [0.1, 0.15) is 5.82 Å². The first kappa shape index (κ1) is 13.5. The number of rotatable bonds is 2. The number of alkyl halides is 3. The molecule has 0 spiro atoms. The van der Waals surface area contributed by atoms with E-state index in [1.54, 1.807) is 24.4 Å². The third-order valence-electron chi connectivity index (χ3n) is 2.37. The van der Waals surface area contributed by atoms with Crippen molar-refractivity contribution < 1.29 is 13.2 Å². The molecule has 2 aromatic rings. The van der Waals surface area contributed by atoms with Gasteiger partial charge in [-0.2, -0.15) is 13.2 Å². The molecule has 0 bridgehead atoms. The number of nitrogens with one attached hydrogen (secondary N) is 1. The molecule has 1 aromatic heterocycles. The lowest BCUT2D eigenvalue weighted by molar-refractivity contribution is -0.137. The average Bonchev–Trinajstić information content (AvgIpc) is 2.33. The topological polar surface area (TPSA) is 50.9 Å². The standard InChI is InChI=1S/C12H9ClF3N3/c13-8-6-10(19-11-3-1-2-4-18-11)9(17)5-7(8)12(14,15)16/h1-6H,17H2,(H,18,19). The van der Waals surface area contributed by atoms with Gasteiger partial charge in [-0.25, -0.2) is 4.98 Å². The van der Waals surface area contributed by atoms with Crippen molar-refractivity contribution in [1.29, 1.82) is 0 Å². The number of halogens is 4. The Balaban J connectivity index is 2.36. The summed E-state index contributed by atoms with van der Waals surface area (Å²) >= 11 is 5.62. The largest absolute Gasteiger partial charge is 0.417 e. The summed E-state index contributed by atoms with van der Waals surface area (Å²) in [6, 6.07) is 7.04. The van der Waals surface area contributed by atoms with Crippen LogP contribution >= 0.6 is 11.6 Å². The number of benzene rings is 1. The predicted octanol–water partition coefficient (Wildman–Crippen LogP) is 4.08. The molecule has 0 aliphatic carbocycles. The first-order valence-electron chi connectivity index (χ1n) is 5.22. The van der Waals surface area contributed by atoms with Crippen LogP contribution in [0.2, 0.25) is 5.02 Å². The molecule has 3 nitrogen and oxygen atoms in total. The summed E-state index contributed by atoms with van der Waals surface area (Å²) < 4.78 is 37.8. The van der Waals surface area contributed by atoms with Crippen LogP contribution in [0, 0.1) is 0 Å². The Labute approximate surface area is 112 Å². The number of nitrogens with zero attached hydrogens (tertiary/aromatic N) is 1. The summed E-state index contributed by atoms with van der Waals surface area (Å²) in [6.45, 7) is 0. The lowest BCUT2D eigenvalue weighted by atomic mass is 10.1. The molecule has 0 amide bonds. The van der Waals surface area contributed by atoms with Crippen LogP contribution in [0.25, 0.3) is 0 Å². The van der Waals surface area contributed by atoms with E-state index in [2.05, 4.69) is 10.3 Å². The zero-order valence-electron chi connectivity index (χ0n) is 9.50. The van der Waals surface area contributed by atoms with E-state index in [1.165, 1.54) is 0 Å².